The summed E-state index contributed by atoms with van der Waals surface area (Å²) >= 11 is 3.35. The van der Waals surface area contributed by atoms with Gasteiger partial charge >= 0.3 is 0 Å². The minimum absolute atomic E-state index is 0.221. The second-order valence-electron chi connectivity index (χ2n) is 4.97. The van der Waals surface area contributed by atoms with Gasteiger partial charge in [0.05, 0.1) is 5.71 Å². The molecule has 0 bridgehead atoms. The van der Waals surface area contributed by atoms with Crippen LogP contribution in [0.3, 0.4) is 0 Å². The normalized spacial score (nSPS) is 11.3. The number of carbonyl (C=O) groups excluding carboxylic acids is 1. The van der Waals surface area contributed by atoms with Crippen LogP contribution < -0.4 is 5.43 Å². The van der Waals surface area contributed by atoms with Gasteiger partial charge in [0.25, 0.3) is 5.91 Å². The van der Waals surface area contributed by atoms with Crippen LogP contribution in [0.4, 0.5) is 0 Å². The average Bonchev–Trinajstić information content (AvgIpc) is 2.47. The maximum absolute atomic E-state index is 12.0. The summed E-state index contributed by atoms with van der Waals surface area (Å²) < 4.78 is 0.866. The van der Waals surface area contributed by atoms with Crippen molar-refractivity contribution in [1.82, 2.24) is 5.43 Å². The number of benzene rings is 2. The molecule has 2 aromatic carbocycles. The molecule has 1 N–H and O–H groups in total. The molecule has 0 aliphatic carbocycles. The maximum Gasteiger partial charge on any atom is 0.271 e. The maximum atomic E-state index is 12.0. The van der Waals surface area contributed by atoms with E-state index in [1.165, 1.54) is 5.56 Å². The zero-order valence-electron chi connectivity index (χ0n) is 12.3. The number of nitrogens with zero attached hydrogens (tertiary/aromatic N) is 1. The van der Waals surface area contributed by atoms with Gasteiger partial charge in [0.2, 0.25) is 0 Å². The Kier molecular flexibility index (Phi) is 4.91. The molecule has 0 radical (unpaired) electrons. The second-order valence-corrected chi connectivity index (χ2v) is 5.88. The summed E-state index contributed by atoms with van der Waals surface area (Å²) in [6, 6.07) is 13.4. The number of nitrogens with one attached hydrogen (secondary N) is 1. The quantitative estimate of drug-likeness (QED) is 0.657. The zero-order valence-corrected chi connectivity index (χ0v) is 13.9. The molecule has 0 aliphatic rings. The summed E-state index contributed by atoms with van der Waals surface area (Å²) in [5, 5.41) is 4.20. The van der Waals surface area contributed by atoms with Crippen LogP contribution in [0.2, 0.25) is 0 Å². The van der Waals surface area contributed by atoms with Gasteiger partial charge in [-0.15, -0.1) is 0 Å². The molecule has 2 aromatic rings. The van der Waals surface area contributed by atoms with E-state index in [0.717, 1.165) is 21.3 Å². The highest BCUT2D eigenvalue weighted by Gasteiger charge is 2.06. The van der Waals surface area contributed by atoms with Crippen LogP contribution in [-0.4, -0.2) is 11.6 Å². The number of halogens is 1. The summed E-state index contributed by atoms with van der Waals surface area (Å²) in [7, 11) is 0. The molecule has 0 aromatic heterocycles. The van der Waals surface area contributed by atoms with E-state index in [-0.39, 0.29) is 5.91 Å². The van der Waals surface area contributed by atoms with Gasteiger partial charge in [0, 0.05) is 15.6 Å². The Balaban J connectivity index is 2.17. The first-order chi connectivity index (χ1) is 9.97. The highest BCUT2D eigenvalue weighted by atomic mass is 79.9. The monoisotopic (exact) mass is 344 g/mol. The van der Waals surface area contributed by atoms with Gasteiger partial charge in [-0.25, -0.2) is 5.43 Å². The molecule has 3 nitrogen and oxygen atoms in total. The summed E-state index contributed by atoms with van der Waals surface area (Å²) in [6.07, 6.45) is 0. The van der Waals surface area contributed by atoms with Crippen molar-refractivity contribution in [3.8, 4) is 0 Å². The molecule has 0 heterocycles. The molecule has 108 valence electrons. The van der Waals surface area contributed by atoms with Gasteiger partial charge in [-0.3, -0.25) is 4.79 Å². The smallest absolute Gasteiger partial charge is 0.267 e. The predicted octanol–water partition coefficient (Wildman–Crippen LogP) is 4.22. The fourth-order valence-corrected chi connectivity index (χ4v) is 2.41. The van der Waals surface area contributed by atoms with Crippen molar-refractivity contribution in [3.05, 3.63) is 69.2 Å². The molecular weight excluding hydrogens is 328 g/mol. The van der Waals surface area contributed by atoms with E-state index in [4.69, 9.17) is 0 Å². The molecule has 0 aliphatic heterocycles. The van der Waals surface area contributed by atoms with Crippen molar-refractivity contribution in [2.45, 2.75) is 20.8 Å². The number of hydrazone groups is 1. The molecule has 0 unspecified atom stereocenters. The minimum atomic E-state index is -0.221. The Morgan fingerprint density at radius 2 is 1.90 bits per heavy atom. The van der Waals surface area contributed by atoms with Crippen LogP contribution >= 0.6 is 15.9 Å². The second kappa shape index (κ2) is 6.68. The lowest BCUT2D eigenvalue weighted by Crippen LogP contribution is -2.19. The SMILES string of the molecule is C/C(=N/NC(=O)c1cccc(Br)c1)c1cc(C)ccc1C. The Morgan fingerprint density at radius 3 is 2.62 bits per heavy atom. The third-order valence-electron chi connectivity index (χ3n) is 3.19. The molecule has 0 atom stereocenters. The number of hydrogen-bond acceptors (Lipinski definition) is 2. The topological polar surface area (TPSA) is 41.5 Å². The van der Waals surface area contributed by atoms with E-state index in [0.29, 0.717) is 5.56 Å². The molecule has 0 fully saturated rings. The third-order valence-corrected chi connectivity index (χ3v) is 3.69. The summed E-state index contributed by atoms with van der Waals surface area (Å²) in [5.41, 5.74) is 7.32. The molecule has 2 rings (SSSR count). The van der Waals surface area contributed by atoms with Crippen molar-refractivity contribution >= 4 is 27.5 Å². The van der Waals surface area contributed by atoms with Crippen LogP contribution in [0.1, 0.15) is 34.0 Å². The first-order valence-electron chi connectivity index (χ1n) is 6.65. The number of amides is 1. The standard InChI is InChI=1S/C17H17BrN2O/c1-11-7-8-12(2)16(9-11)13(3)19-20-17(21)14-5-4-6-15(18)10-14/h4-10H,1-3H3,(H,20,21)/b19-13-. The van der Waals surface area contributed by atoms with Crippen LogP contribution in [0.15, 0.2) is 52.0 Å². The van der Waals surface area contributed by atoms with Crippen molar-refractivity contribution in [2.24, 2.45) is 5.10 Å². The lowest BCUT2D eigenvalue weighted by molar-refractivity contribution is 0.0955. The highest BCUT2D eigenvalue weighted by Crippen LogP contribution is 2.13. The van der Waals surface area contributed by atoms with E-state index in [1.807, 2.05) is 32.9 Å². The molecular formula is C17H17BrN2O. The summed E-state index contributed by atoms with van der Waals surface area (Å²) in [6.45, 7) is 5.96. The largest absolute Gasteiger partial charge is 0.271 e. The van der Waals surface area contributed by atoms with Gasteiger partial charge in [-0.05, 0) is 50.6 Å². The van der Waals surface area contributed by atoms with Crippen molar-refractivity contribution in [1.29, 1.82) is 0 Å². The minimum Gasteiger partial charge on any atom is -0.267 e. The number of aryl methyl sites for hydroxylation is 2. The van der Waals surface area contributed by atoms with Gasteiger partial charge in [-0.2, -0.15) is 5.10 Å². The molecule has 1 amide bonds. The first-order valence-corrected chi connectivity index (χ1v) is 7.44. The van der Waals surface area contributed by atoms with E-state index in [1.54, 1.807) is 12.1 Å². The van der Waals surface area contributed by atoms with Gasteiger partial charge < -0.3 is 0 Å². The fourth-order valence-electron chi connectivity index (χ4n) is 2.01. The van der Waals surface area contributed by atoms with Gasteiger partial charge in [0.15, 0.2) is 0 Å². The van der Waals surface area contributed by atoms with E-state index >= 15 is 0 Å². The lowest BCUT2D eigenvalue weighted by Gasteiger charge is -2.07. The Bertz CT molecular complexity index is 708. The Morgan fingerprint density at radius 1 is 1.14 bits per heavy atom. The van der Waals surface area contributed by atoms with Crippen molar-refractivity contribution < 1.29 is 4.79 Å². The van der Waals surface area contributed by atoms with Crippen LogP contribution in [0, 0.1) is 13.8 Å². The van der Waals surface area contributed by atoms with E-state index in [2.05, 4.69) is 44.7 Å². The molecule has 0 spiro atoms. The van der Waals surface area contributed by atoms with Crippen LogP contribution in [0.25, 0.3) is 0 Å². The third kappa shape index (κ3) is 4.02. The summed E-state index contributed by atoms with van der Waals surface area (Å²) in [5.74, 6) is -0.221. The van der Waals surface area contributed by atoms with Crippen LogP contribution in [-0.2, 0) is 0 Å². The highest BCUT2D eigenvalue weighted by molar-refractivity contribution is 9.10. The molecule has 4 heteroatoms. The first kappa shape index (κ1) is 15.4. The predicted molar refractivity (Wildman–Crippen MR) is 89.7 cm³/mol. The van der Waals surface area contributed by atoms with E-state index < -0.39 is 0 Å². The number of rotatable bonds is 3. The van der Waals surface area contributed by atoms with Crippen LogP contribution in [0.5, 0.6) is 0 Å². The average molecular weight is 345 g/mol. The van der Waals surface area contributed by atoms with Crippen molar-refractivity contribution in [3.63, 3.8) is 0 Å². The van der Waals surface area contributed by atoms with Gasteiger partial charge in [-0.1, -0.05) is 39.7 Å². The molecule has 0 saturated carbocycles. The Hall–Kier alpha value is -1.94. The van der Waals surface area contributed by atoms with Gasteiger partial charge in [0.1, 0.15) is 0 Å². The summed E-state index contributed by atoms with van der Waals surface area (Å²) in [4.78, 5) is 12.0. The van der Waals surface area contributed by atoms with Crippen molar-refractivity contribution in [2.75, 3.05) is 0 Å². The zero-order chi connectivity index (χ0) is 15.4. The molecule has 0 saturated heterocycles. The fraction of sp³-hybridized carbons (Fsp3) is 0.176. The number of hydrogen-bond donors (Lipinski definition) is 1. The Labute approximate surface area is 133 Å². The van der Waals surface area contributed by atoms with E-state index in [9.17, 15) is 4.79 Å². The number of carbonyl (C=O) groups is 1. The lowest BCUT2D eigenvalue weighted by atomic mass is 10.0. The molecule has 21 heavy (non-hydrogen) atoms.